The van der Waals surface area contributed by atoms with E-state index in [2.05, 4.69) is 26.6 Å². The summed E-state index contributed by atoms with van der Waals surface area (Å²) in [4.78, 5) is 25.6. The molecular formula is C21H23BrN2O4. The Kier molecular flexibility index (Phi) is 6.24. The summed E-state index contributed by atoms with van der Waals surface area (Å²) >= 11 is 3.45. The Bertz CT molecular complexity index is 898. The van der Waals surface area contributed by atoms with Crippen LogP contribution in [-0.2, 0) is 4.79 Å². The first-order valence-electron chi connectivity index (χ1n) is 9.13. The van der Waals surface area contributed by atoms with Crippen molar-refractivity contribution in [2.24, 2.45) is 5.92 Å². The first kappa shape index (κ1) is 20.2. The molecule has 0 bridgehead atoms. The lowest BCUT2D eigenvalue weighted by atomic mass is 10.0. The van der Waals surface area contributed by atoms with E-state index in [1.807, 2.05) is 32.9 Å². The van der Waals surface area contributed by atoms with Crippen molar-refractivity contribution in [3.05, 3.63) is 52.0 Å². The first-order chi connectivity index (χ1) is 13.4. The van der Waals surface area contributed by atoms with E-state index in [0.29, 0.717) is 40.4 Å². The van der Waals surface area contributed by atoms with Crippen molar-refractivity contribution in [3.8, 4) is 11.5 Å². The number of nitrogens with one attached hydrogen (secondary N) is 2. The van der Waals surface area contributed by atoms with Crippen LogP contribution in [0.5, 0.6) is 11.5 Å². The molecule has 3 rings (SSSR count). The molecule has 7 heteroatoms. The van der Waals surface area contributed by atoms with Crippen LogP contribution in [0.4, 0.5) is 5.69 Å². The molecule has 148 valence electrons. The van der Waals surface area contributed by atoms with Crippen LogP contribution in [0.25, 0.3) is 0 Å². The van der Waals surface area contributed by atoms with Gasteiger partial charge in [0, 0.05) is 22.2 Å². The summed E-state index contributed by atoms with van der Waals surface area (Å²) in [5.74, 6) is 0.547. The summed E-state index contributed by atoms with van der Waals surface area (Å²) in [5.41, 5.74) is 1.98. The Morgan fingerprint density at radius 3 is 2.36 bits per heavy atom. The van der Waals surface area contributed by atoms with Crippen molar-refractivity contribution in [2.75, 3.05) is 18.5 Å². The Labute approximate surface area is 172 Å². The van der Waals surface area contributed by atoms with E-state index in [1.54, 1.807) is 24.3 Å². The molecule has 0 fully saturated rings. The molecule has 1 unspecified atom stereocenters. The topological polar surface area (TPSA) is 76.7 Å². The Balaban J connectivity index is 1.77. The minimum atomic E-state index is -0.688. The highest BCUT2D eigenvalue weighted by molar-refractivity contribution is 9.10. The molecule has 1 aliphatic rings. The Morgan fingerprint density at radius 2 is 1.71 bits per heavy atom. The third-order valence-electron chi connectivity index (χ3n) is 4.52. The van der Waals surface area contributed by atoms with Crippen molar-refractivity contribution in [1.29, 1.82) is 0 Å². The minimum Gasteiger partial charge on any atom is -0.486 e. The van der Waals surface area contributed by atoms with Gasteiger partial charge in [0.05, 0.1) is 5.69 Å². The standard InChI is InChI=1S/C21H23BrN2O4/c1-12(2)19(24-20(25)14-7-5-4-6-13(14)3)21(26)23-16-11-18-17(10-15(16)22)27-8-9-28-18/h4-7,10-12,19H,8-9H2,1-3H3,(H,23,26)(H,24,25). The maximum atomic E-state index is 12.9. The SMILES string of the molecule is Cc1ccccc1C(=O)NC(C(=O)Nc1cc2c(cc1Br)OCCO2)C(C)C. The number of rotatable bonds is 5. The molecule has 0 saturated heterocycles. The molecule has 1 heterocycles. The van der Waals surface area contributed by atoms with E-state index in [1.165, 1.54) is 0 Å². The lowest BCUT2D eigenvalue weighted by molar-refractivity contribution is -0.118. The van der Waals surface area contributed by atoms with E-state index in [4.69, 9.17) is 9.47 Å². The molecule has 1 atom stereocenters. The van der Waals surface area contributed by atoms with Crippen LogP contribution in [0.2, 0.25) is 0 Å². The van der Waals surface area contributed by atoms with Crippen LogP contribution in [0.1, 0.15) is 29.8 Å². The normalized spacial score (nSPS) is 13.8. The van der Waals surface area contributed by atoms with Gasteiger partial charge in [0.25, 0.3) is 5.91 Å². The summed E-state index contributed by atoms with van der Waals surface area (Å²) in [7, 11) is 0. The number of aryl methyl sites for hydroxylation is 1. The third kappa shape index (κ3) is 4.47. The zero-order valence-corrected chi connectivity index (χ0v) is 17.6. The van der Waals surface area contributed by atoms with Crippen LogP contribution < -0.4 is 20.1 Å². The molecule has 1 aliphatic heterocycles. The molecule has 0 spiro atoms. The van der Waals surface area contributed by atoms with Crippen LogP contribution in [-0.4, -0.2) is 31.1 Å². The summed E-state index contributed by atoms with van der Waals surface area (Å²) in [6.07, 6.45) is 0. The zero-order chi connectivity index (χ0) is 20.3. The number of ether oxygens (including phenoxy) is 2. The number of benzene rings is 2. The van der Waals surface area contributed by atoms with Crippen molar-refractivity contribution in [1.82, 2.24) is 5.32 Å². The molecule has 0 aromatic heterocycles. The second-order valence-electron chi connectivity index (χ2n) is 6.98. The van der Waals surface area contributed by atoms with E-state index in [-0.39, 0.29) is 17.7 Å². The third-order valence-corrected chi connectivity index (χ3v) is 5.17. The second-order valence-corrected chi connectivity index (χ2v) is 7.83. The van der Waals surface area contributed by atoms with Crippen molar-refractivity contribution in [2.45, 2.75) is 26.8 Å². The largest absolute Gasteiger partial charge is 0.486 e. The van der Waals surface area contributed by atoms with Gasteiger partial charge in [-0.05, 0) is 40.4 Å². The van der Waals surface area contributed by atoms with Crippen LogP contribution >= 0.6 is 15.9 Å². The van der Waals surface area contributed by atoms with Gasteiger partial charge in [-0.25, -0.2) is 0 Å². The zero-order valence-electron chi connectivity index (χ0n) is 16.0. The van der Waals surface area contributed by atoms with Gasteiger partial charge in [0.15, 0.2) is 11.5 Å². The Hall–Kier alpha value is -2.54. The number of anilines is 1. The Morgan fingerprint density at radius 1 is 1.07 bits per heavy atom. The fourth-order valence-corrected chi connectivity index (χ4v) is 3.37. The number of amides is 2. The predicted molar refractivity (Wildman–Crippen MR) is 111 cm³/mol. The van der Waals surface area contributed by atoms with Gasteiger partial charge in [-0.3, -0.25) is 9.59 Å². The monoisotopic (exact) mass is 446 g/mol. The number of halogens is 1. The smallest absolute Gasteiger partial charge is 0.252 e. The number of carbonyl (C=O) groups is 2. The van der Waals surface area contributed by atoms with Gasteiger partial charge >= 0.3 is 0 Å². The summed E-state index contributed by atoms with van der Waals surface area (Å²) < 4.78 is 11.8. The number of carbonyl (C=O) groups excluding carboxylic acids is 2. The van der Waals surface area contributed by atoms with Gasteiger partial charge < -0.3 is 20.1 Å². The quantitative estimate of drug-likeness (QED) is 0.729. The maximum Gasteiger partial charge on any atom is 0.252 e. The van der Waals surface area contributed by atoms with Crippen molar-refractivity contribution in [3.63, 3.8) is 0 Å². The van der Waals surface area contributed by atoms with Crippen LogP contribution in [0, 0.1) is 12.8 Å². The van der Waals surface area contributed by atoms with Crippen molar-refractivity contribution >= 4 is 33.4 Å². The van der Waals surface area contributed by atoms with E-state index >= 15 is 0 Å². The highest BCUT2D eigenvalue weighted by atomic mass is 79.9. The average molecular weight is 447 g/mol. The van der Waals surface area contributed by atoms with Gasteiger partial charge in [-0.2, -0.15) is 0 Å². The molecule has 0 radical (unpaired) electrons. The fraction of sp³-hybridized carbons (Fsp3) is 0.333. The molecule has 28 heavy (non-hydrogen) atoms. The lowest BCUT2D eigenvalue weighted by Gasteiger charge is -2.24. The van der Waals surface area contributed by atoms with E-state index in [9.17, 15) is 9.59 Å². The summed E-state index contributed by atoms with van der Waals surface area (Å²) in [6, 6.07) is 10.1. The van der Waals surface area contributed by atoms with E-state index in [0.717, 1.165) is 5.56 Å². The summed E-state index contributed by atoms with van der Waals surface area (Å²) in [6.45, 7) is 6.60. The second kappa shape index (κ2) is 8.65. The first-order valence-corrected chi connectivity index (χ1v) is 9.92. The highest BCUT2D eigenvalue weighted by Gasteiger charge is 2.26. The van der Waals surface area contributed by atoms with E-state index < -0.39 is 6.04 Å². The van der Waals surface area contributed by atoms with Gasteiger partial charge in [-0.1, -0.05) is 32.0 Å². The van der Waals surface area contributed by atoms with Crippen LogP contribution in [0.15, 0.2) is 40.9 Å². The van der Waals surface area contributed by atoms with Crippen molar-refractivity contribution < 1.29 is 19.1 Å². The molecule has 2 N–H and O–H groups in total. The molecule has 2 aromatic rings. The highest BCUT2D eigenvalue weighted by Crippen LogP contribution is 2.38. The van der Waals surface area contributed by atoms with Crippen LogP contribution in [0.3, 0.4) is 0 Å². The average Bonchev–Trinajstić information content (AvgIpc) is 2.66. The molecule has 6 nitrogen and oxygen atoms in total. The molecule has 2 amide bonds. The van der Waals surface area contributed by atoms with Gasteiger partial charge in [-0.15, -0.1) is 0 Å². The number of hydrogen-bond acceptors (Lipinski definition) is 4. The molecular weight excluding hydrogens is 424 g/mol. The lowest BCUT2D eigenvalue weighted by Crippen LogP contribution is -2.47. The minimum absolute atomic E-state index is 0.0936. The molecule has 0 aliphatic carbocycles. The molecule has 0 saturated carbocycles. The number of fused-ring (bicyclic) bond motifs is 1. The van der Waals surface area contributed by atoms with Gasteiger partial charge in [0.2, 0.25) is 5.91 Å². The summed E-state index contributed by atoms with van der Waals surface area (Å²) in [5, 5.41) is 5.73. The predicted octanol–water partition coefficient (Wildman–Crippen LogP) is 3.92. The molecule has 2 aromatic carbocycles. The number of hydrogen-bond donors (Lipinski definition) is 2. The fourth-order valence-electron chi connectivity index (χ4n) is 2.95. The van der Waals surface area contributed by atoms with Gasteiger partial charge in [0.1, 0.15) is 19.3 Å². The maximum absolute atomic E-state index is 12.9.